The van der Waals surface area contributed by atoms with Gasteiger partial charge < -0.3 is 19.5 Å². The number of carbonyl (C=O) groups excluding carboxylic acids is 2. The first kappa shape index (κ1) is 19.0. The van der Waals surface area contributed by atoms with Gasteiger partial charge in [0.05, 0.1) is 23.8 Å². The Bertz CT molecular complexity index is 873. The van der Waals surface area contributed by atoms with Gasteiger partial charge in [0.25, 0.3) is 5.91 Å². The molecule has 8 heteroatoms. The molecule has 1 aliphatic rings. The van der Waals surface area contributed by atoms with E-state index >= 15 is 0 Å². The van der Waals surface area contributed by atoms with E-state index in [4.69, 9.17) is 25.8 Å². The van der Waals surface area contributed by atoms with Crippen LogP contribution in [-0.4, -0.2) is 31.2 Å². The van der Waals surface area contributed by atoms with Crippen LogP contribution in [0, 0.1) is 5.82 Å². The zero-order valence-corrected chi connectivity index (χ0v) is 15.2. The number of nitrogens with one attached hydrogen (secondary N) is 1. The normalized spacial score (nSPS) is 14.0. The van der Waals surface area contributed by atoms with Gasteiger partial charge in [-0.1, -0.05) is 17.7 Å². The van der Waals surface area contributed by atoms with E-state index in [1.54, 1.807) is 0 Å². The van der Waals surface area contributed by atoms with Gasteiger partial charge in [-0.25, -0.2) is 9.18 Å². The fraction of sp³-hybridized carbons (Fsp3) is 0.263. The molecule has 1 atom stereocenters. The van der Waals surface area contributed by atoms with E-state index in [0.717, 1.165) is 6.07 Å². The molecule has 1 aliphatic heterocycles. The molecular weight excluding hydrogens is 377 g/mol. The van der Waals surface area contributed by atoms with E-state index in [2.05, 4.69) is 5.32 Å². The Labute approximate surface area is 160 Å². The van der Waals surface area contributed by atoms with E-state index in [1.807, 2.05) is 0 Å². The van der Waals surface area contributed by atoms with Crippen LogP contribution in [0.2, 0.25) is 5.02 Å². The second kappa shape index (κ2) is 8.26. The number of anilines is 1. The molecule has 0 fully saturated rings. The molecule has 1 amide bonds. The predicted molar refractivity (Wildman–Crippen MR) is 97.0 cm³/mol. The third-order valence-corrected chi connectivity index (χ3v) is 4.06. The SMILES string of the molecule is C[C@H](OC(=O)c1cc(Cl)c2c(c1)OCCCO2)C(=O)Nc1cccc(F)c1. The van der Waals surface area contributed by atoms with Gasteiger partial charge in [-0.3, -0.25) is 4.79 Å². The van der Waals surface area contributed by atoms with Gasteiger partial charge in [-0.05, 0) is 37.3 Å². The highest BCUT2D eigenvalue weighted by atomic mass is 35.5. The fourth-order valence-electron chi connectivity index (χ4n) is 2.44. The summed E-state index contributed by atoms with van der Waals surface area (Å²) in [5.74, 6) is -1.09. The zero-order valence-electron chi connectivity index (χ0n) is 14.5. The van der Waals surface area contributed by atoms with Crippen molar-refractivity contribution in [3.8, 4) is 11.5 Å². The zero-order chi connectivity index (χ0) is 19.4. The maximum atomic E-state index is 13.2. The molecule has 2 aromatic carbocycles. The number of carbonyl (C=O) groups is 2. The molecule has 0 spiro atoms. The third kappa shape index (κ3) is 4.68. The smallest absolute Gasteiger partial charge is 0.339 e. The molecule has 0 aliphatic carbocycles. The van der Waals surface area contributed by atoms with Gasteiger partial charge in [-0.2, -0.15) is 0 Å². The minimum Gasteiger partial charge on any atom is -0.489 e. The largest absolute Gasteiger partial charge is 0.489 e. The van der Waals surface area contributed by atoms with Crippen molar-refractivity contribution in [2.75, 3.05) is 18.5 Å². The van der Waals surface area contributed by atoms with Gasteiger partial charge >= 0.3 is 5.97 Å². The van der Waals surface area contributed by atoms with Gasteiger partial charge in [-0.15, -0.1) is 0 Å². The Balaban J connectivity index is 1.68. The Hall–Kier alpha value is -2.80. The van der Waals surface area contributed by atoms with Crippen molar-refractivity contribution in [2.24, 2.45) is 0 Å². The Kier molecular flexibility index (Phi) is 5.81. The van der Waals surface area contributed by atoms with Crippen LogP contribution in [-0.2, 0) is 9.53 Å². The van der Waals surface area contributed by atoms with E-state index in [-0.39, 0.29) is 16.3 Å². The summed E-state index contributed by atoms with van der Waals surface area (Å²) in [6, 6.07) is 8.27. The Morgan fingerprint density at radius 2 is 2.00 bits per heavy atom. The molecule has 0 saturated carbocycles. The topological polar surface area (TPSA) is 73.9 Å². The molecule has 0 aromatic heterocycles. The van der Waals surface area contributed by atoms with Gasteiger partial charge in [0, 0.05) is 12.1 Å². The first-order valence-electron chi connectivity index (χ1n) is 8.30. The fourth-order valence-corrected chi connectivity index (χ4v) is 2.71. The van der Waals surface area contributed by atoms with Crippen molar-refractivity contribution >= 4 is 29.2 Å². The number of fused-ring (bicyclic) bond motifs is 1. The molecule has 27 heavy (non-hydrogen) atoms. The van der Waals surface area contributed by atoms with E-state index in [1.165, 1.54) is 37.3 Å². The standard InChI is InChI=1S/C19H17ClFNO5/c1-11(18(23)22-14-5-2-4-13(21)10-14)27-19(24)12-8-15(20)17-16(9-12)25-6-3-7-26-17/h2,4-5,8-11H,3,6-7H2,1H3,(H,22,23)/t11-/m0/s1. The van der Waals surface area contributed by atoms with Crippen LogP contribution in [0.4, 0.5) is 10.1 Å². The lowest BCUT2D eigenvalue weighted by atomic mass is 10.2. The lowest BCUT2D eigenvalue weighted by Gasteiger charge is -2.15. The first-order valence-corrected chi connectivity index (χ1v) is 8.68. The van der Waals surface area contributed by atoms with Crippen LogP contribution in [0.5, 0.6) is 11.5 Å². The van der Waals surface area contributed by atoms with Crippen LogP contribution < -0.4 is 14.8 Å². The minimum absolute atomic E-state index is 0.134. The number of esters is 1. The van der Waals surface area contributed by atoms with Crippen LogP contribution in [0.1, 0.15) is 23.7 Å². The summed E-state index contributed by atoms with van der Waals surface area (Å²) < 4.78 is 29.4. The van der Waals surface area contributed by atoms with Gasteiger partial charge in [0.15, 0.2) is 17.6 Å². The lowest BCUT2D eigenvalue weighted by Crippen LogP contribution is -2.30. The third-order valence-electron chi connectivity index (χ3n) is 3.78. The summed E-state index contributed by atoms with van der Waals surface area (Å²) in [6.07, 6.45) is -0.405. The molecule has 6 nitrogen and oxygen atoms in total. The minimum atomic E-state index is -1.10. The summed E-state index contributed by atoms with van der Waals surface area (Å²) >= 11 is 6.16. The van der Waals surface area contributed by atoms with Gasteiger partial charge in [0.1, 0.15) is 5.82 Å². The second-order valence-corrected chi connectivity index (χ2v) is 6.29. The van der Waals surface area contributed by atoms with Crippen molar-refractivity contribution < 1.29 is 28.2 Å². The number of rotatable bonds is 4. The van der Waals surface area contributed by atoms with Crippen molar-refractivity contribution in [1.29, 1.82) is 0 Å². The molecule has 0 radical (unpaired) electrons. The monoisotopic (exact) mass is 393 g/mol. The second-order valence-electron chi connectivity index (χ2n) is 5.88. The number of hydrogen-bond donors (Lipinski definition) is 1. The quantitative estimate of drug-likeness (QED) is 0.799. The molecule has 1 heterocycles. The number of halogens is 2. The number of benzene rings is 2. The van der Waals surface area contributed by atoms with E-state index in [9.17, 15) is 14.0 Å². The highest BCUT2D eigenvalue weighted by molar-refractivity contribution is 6.32. The predicted octanol–water partition coefficient (Wildman–Crippen LogP) is 3.82. The van der Waals surface area contributed by atoms with E-state index < -0.39 is 23.8 Å². The Morgan fingerprint density at radius 3 is 2.78 bits per heavy atom. The summed E-state index contributed by atoms with van der Waals surface area (Å²) in [7, 11) is 0. The Morgan fingerprint density at radius 1 is 1.22 bits per heavy atom. The molecule has 142 valence electrons. The van der Waals surface area contributed by atoms with Crippen molar-refractivity contribution in [2.45, 2.75) is 19.4 Å². The summed E-state index contributed by atoms with van der Waals surface area (Å²) in [4.78, 5) is 24.5. The maximum absolute atomic E-state index is 13.2. The maximum Gasteiger partial charge on any atom is 0.339 e. The highest BCUT2D eigenvalue weighted by Crippen LogP contribution is 2.38. The van der Waals surface area contributed by atoms with Gasteiger partial charge in [0.2, 0.25) is 0 Å². The van der Waals surface area contributed by atoms with Crippen LogP contribution >= 0.6 is 11.6 Å². The summed E-state index contributed by atoms with van der Waals surface area (Å²) in [5, 5.41) is 2.70. The molecule has 0 unspecified atom stereocenters. The molecule has 1 N–H and O–H groups in total. The number of amides is 1. The van der Waals surface area contributed by atoms with Crippen LogP contribution in [0.25, 0.3) is 0 Å². The van der Waals surface area contributed by atoms with Crippen LogP contribution in [0.3, 0.4) is 0 Å². The summed E-state index contributed by atoms with van der Waals surface area (Å²) in [6.45, 7) is 2.32. The number of hydrogen-bond acceptors (Lipinski definition) is 5. The first-order chi connectivity index (χ1) is 12.9. The average Bonchev–Trinajstić information content (AvgIpc) is 2.87. The molecule has 0 saturated heterocycles. The van der Waals surface area contributed by atoms with Crippen molar-refractivity contribution in [3.05, 3.63) is 52.8 Å². The number of ether oxygens (including phenoxy) is 3. The molecular formula is C19H17ClFNO5. The lowest BCUT2D eigenvalue weighted by molar-refractivity contribution is -0.123. The average molecular weight is 394 g/mol. The van der Waals surface area contributed by atoms with Crippen LogP contribution in [0.15, 0.2) is 36.4 Å². The van der Waals surface area contributed by atoms with Crippen molar-refractivity contribution in [1.82, 2.24) is 0 Å². The highest BCUT2D eigenvalue weighted by Gasteiger charge is 2.23. The van der Waals surface area contributed by atoms with E-state index in [0.29, 0.717) is 31.1 Å². The molecule has 0 bridgehead atoms. The summed E-state index contributed by atoms with van der Waals surface area (Å²) in [5.41, 5.74) is 0.399. The molecule has 2 aromatic rings. The molecule has 3 rings (SSSR count). The van der Waals surface area contributed by atoms with Crippen molar-refractivity contribution in [3.63, 3.8) is 0 Å².